The molecule has 0 atom stereocenters. The lowest BCUT2D eigenvalue weighted by Gasteiger charge is -2.57. The van der Waals surface area contributed by atoms with Crippen molar-refractivity contribution in [1.29, 1.82) is 5.41 Å². The number of hydrogen-bond donors (Lipinski definition) is 5. The lowest BCUT2D eigenvalue weighted by Crippen LogP contribution is -2.59. The van der Waals surface area contributed by atoms with Crippen LogP contribution in [0.3, 0.4) is 0 Å². The molecule has 236 valence electrons. The third-order valence-corrected chi connectivity index (χ3v) is 9.16. The van der Waals surface area contributed by atoms with Gasteiger partial charge in [-0.3, -0.25) is 9.59 Å². The monoisotopic (exact) mass is 606 g/mol. The van der Waals surface area contributed by atoms with Gasteiger partial charge >= 0.3 is 7.12 Å². The lowest BCUT2D eigenvalue weighted by molar-refractivity contribution is -0.123. The zero-order valence-electron chi connectivity index (χ0n) is 26.3. The molecule has 1 aromatic rings. The molecular formula is C32H43BN4O7. The normalized spacial score (nSPS) is 27.8. The SMILES string of the molecule is CC(C)(O)COC1=CN/C(=C(\C=N)C(=O)NC2CC3(C2)CC(Oc2cc(B4OC(C)(C)C(C)(C)O4)ccc2C(N)=O)C3)C=C1. The third-order valence-electron chi connectivity index (χ3n) is 9.16. The van der Waals surface area contributed by atoms with Gasteiger partial charge in [0.1, 0.15) is 18.1 Å². The van der Waals surface area contributed by atoms with Crippen molar-refractivity contribution in [2.75, 3.05) is 6.61 Å². The van der Waals surface area contributed by atoms with Crippen LogP contribution in [0, 0.1) is 10.8 Å². The number of amides is 2. The van der Waals surface area contributed by atoms with Gasteiger partial charge in [-0.25, -0.2) is 0 Å². The fourth-order valence-electron chi connectivity index (χ4n) is 6.01. The van der Waals surface area contributed by atoms with E-state index in [1.807, 2.05) is 27.7 Å². The molecule has 1 spiro atoms. The van der Waals surface area contributed by atoms with E-state index < -0.39 is 29.8 Å². The minimum absolute atomic E-state index is 0.000623. The average Bonchev–Trinajstić information content (AvgIpc) is 3.11. The number of rotatable bonds is 10. The number of primary amides is 1. The molecule has 11 nitrogen and oxygen atoms in total. The topological polar surface area (TPSA) is 165 Å². The first-order chi connectivity index (χ1) is 20.5. The highest BCUT2D eigenvalue weighted by atomic mass is 16.7. The molecule has 1 aromatic carbocycles. The zero-order valence-corrected chi connectivity index (χ0v) is 26.3. The number of ether oxygens (including phenoxy) is 2. The molecule has 44 heavy (non-hydrogen) atoms. The molecule has 3 fully saturated rings. The first-order valence-electron chi connectivity index (χ1n) is 15.0. The van der Waals surface area contributed by atoms with E-state index >= 15 is 0 Å². The Morgan fingerprint density at radius 1 is 1.16 bits per heavy atom. The molecule has 0 bridgehead atoms. The average molecular weight is 607 g/mol. The standard InChI is InChI=1S/C32H43BN4O7/c1-29(2,40)18-41-21-8-10-25(36-17-21)24(16-34)28(39)37-20-12-32(13-20)14-22(15-32)42-26-11-19(7-9-23(26)27(35)38)33-43-30(3,4)31(5,6)44-33/h7-11,16-17,20,22,34,36,40H,12-15,18H2,1-6H3,(H2,35,38)(H,37,39)/b25-24+,34-16?. The van der Waals surface area contributed by atoms with Crippen molar-refractivity contribution < 1.29 is 33.5 Å². The van der Waals surface area contributed by atoms with E-state index in [1.54, 1.807) is 50.4 Å². The fourth-order valence-corrected chi connectivity index (χ4v) is 6.01. The molecule has 2 saturated carbocycles. The molecule has 0 unspecified atom stereocenters. The number of benzene rings is 1. The highest BCUT2D eigenvalue weighted by Gasteiger charge is 2.55. The molecule has 1 saturated heterocycles. The van der Waals surface area contributed by atoms with Gasteiger partial charge in [0.25, 0.3) is 11.8 Å². The second-order valence-corrected chi connectivity index (χ2v) is 14.0. The molecule has 2 heterocycles. The number of allylic oxidation sites excluding steroid dienone is 2. The molecule has 2 amide bonds. The summed E-state index contributed by atoms with van der Waals surface area (Å²) in [5, 5.41) is 23.7. The zero-order chi connectivity index (χ0) is 32.1. The van der Waals surface area contributed by atoms with E-state index in [-0.39, 0.29) is 35.6 Å². The third kappa shape index (κ3) is 6.57. The van der Waals surface area contributed by atoms with Gasteiger partial charge in [0, 0.05) is 18.5 Å². The largest absolute Gasteiger partial charge is 0.494 e. The van der Waals surface area contributed by atoms with Gasteiger partial charge in [-0.05, 0) is 102 Å². The van der Waals surface area contributed by atoms with Crippen LogP contribution in [0.5, 0.6) is 5.75 Å². The maximum atomic E-state index is 13.0. The molecule has 5 rings (SSSR count). The molecule has 0 aromatic heterocycles. The Hall–Kier alpha value is -3.61. The summed E-state index contributed by atoms with van der Waals surface area (Å²) < 4.78 is 24.2. The van der Waals surface area contributed by atoms with Crippen LogP contribution in [-0.2, 0) is 18.8 Å². The van der Waals surface area contributed by atoms with Crippen LogP contribution in [0.25, 0.3) is 0 Å². The van der Waals surface area contributed by atoms with E-state index in [2.05, 4.69) is 10.6 Å². The Labute approximate surface area is 258 Å². The van der Waals surface area contributed by atoms with E-state index in [1.165, 1.54) is 0 Å². The van der Waals surface area contributed by atoms with E-state index in [0.29, 0.717) is 22.8 Å². The number of carbonyl (C=O) groups is 2. The summed E-state index contributed by atoms with van der Waals surface area (Å²) in [5.74, 6) is 0.0597. The van der Waals surface area contributed by atoms with Crippen LogP contribution in [0.1, 0.15) is 77.6 Å². The van der Waals surface area contributed by atoms with Crippen molar-refractivity contribution >= 4 is 30.6 Å². The number of hydrogen-bond acceptors (Lipinski definition) is 9. The molecule has 6 N–H and O–H groups in total. The summed E-state index contributed by atoms with van der Waals surface area (Å²) in [6.07, 6.45) is 9.16. The molecule has 2 aliphatic carbocycles. The van der Waals surface area contributed by atoms with Gasteiger partial charge in [-0.2, -0.15) is 0 Å². The van der Waals surface area contributed by atoms with Gasteiger partial charge in [0.05, 0.1) is 39.7 Å². The number of dihydropyridines is 1. The predicted octanol–water partition coefficient (Wildman–Crippen LogP) is 2.58. The van der Waals surface area contributed by atoms with Crippen molar-refractivity contribution in [3.63, 3.8) is 0 Å². The Morgan fingerprint density at radius 2 is 1.82 bits per heavy atom. The van der Waals surface area contributed by atoms with Crippen LogP contribution >= 0.6 is 0 Å². The summed E-state index contributed by atoms with van der Waals surface area (Å²) >= 11 is 0. The number of aliphatic hydroxyl groups is 1. The summed E-state index contributed by atoms with van der Waals surface area (Å²) in [5.41, 5.74) is 5.56. The maximum Gasteiger partial charge on any atom is 0.494 e. The second-order valence-electron chi connectivity index (χ2n) is 14.0. The van der Waals surface area contributed by atoms with Crippen LogP contribution in [-0.4, -0.2) is 65.8 Å². The minimum atomic E-state index is -0.968. The minimum Gasteiger partial charge on any atom is -0.490 e. The Bertz CT molecular complexity index is 1410. The maximum absolute atomic E-state index is 13.0. The smallest absolute Gasteiger partial charge is 0.490 e. The Balaban J connectivity index is 1.14. The number of nitrogens with one attached hydrogen (secondary N) is 3. The van der Waals surface area contributed by atoms with Gasteiger partial charge in [-0.1, -0.05) is 6.07 Å². The van der Waals surface area contributed by atoms with Gasteiger partial charge < -0.3 is 45.7 Å². The highest BCUT2D eigenvalue weighted by molar-refractivity contribution is 6.62. The van der Waals surface area contributed by atoms with Crippen molar-refractivity contribution in [3.05, 3.63) is 59.1 Å². The van der Waals surface area contributed by atoms with E-state index in [0.717, 1.165) is 37.4 Å². The number of carbonyl (C=O) groups excluding carboxylic acids is 2. The van der Waals surface area contributed by atoms with Gasteiger partial charge in [-0.15, -0.1) is 0 Å². The highest BCUT2D eigenvalue weighted by Crippen LogP contribution is 2.57. The van der Waals surface area contributed by atoms with Crippen molar-refractivity contribution in [2.24, 2.45) is 11.1 Å². The van der Waals surface area contributed by atoms with Crippen LogP contribution in [0.2, 0.25) is 0 Å². The predicted molar refractivity (Wildman–Crippen MR) is 166 cm³/mol. The molecule has 4 aliphatic rings. The van der Waals surface area contributed by atoms with Gasteiger partial charge in [0.15, 0.2) is 0 Å². The van der Waals surface area contributed by atoms with Crippen molar-refractivity contribution in [2.45, 2.75) is 96.2 Å². The molecule has 12 heteroatoms. The fraction of sp³-hybridized carbons (Fsp3) is 0.531. The van der Waals surface area contributed by atoms with E-state index in [4.69, 9.17) is 29.9 Å². The van der Waals surface area contributed by atoms with Gasteiger partial charge in [0.2, 0.25) is 0 Å². The lowest BCUT2D eigenvalue weighted by atomic mass is 9.53. The summed E-state index contributed by atoms with van der Waals surface area (Å²) in [4.78, 5) is 25.1. The first kappa shape index (κ1) is 31.8. The Kier molecular flexibility index (Phi) is 8.24. The molecule has 2 aliphatic heterocycles. The summed E-state index contributed by atoms with van der Waals surface area (Å²) in [6.45, 7) is 11.4. The van der Waals surface area contributed by atoms with Crippen LogP contribution in [0.4, 0.5) is 0 Å². The second kappa shape index (κ2) is 11.4. The van der Waals surface area contributed by atoms with Crippen molar-refractivity contribution in [1.82, 2.24) is 10.6 Å². The molecule has 0 radical (unpaired) electrons. The van der Waals surface area contributed by atoms with E-state index in [9.17, 15) is 14.7 Å². The quantitative estimate of drug-likeness (QED) is 0.154. The number of nitrogens with two attached hydrogens (primary N) is 1. The van der Waals surface area contributed by atoms with Crippen LogP contribution in [0.15, 0.2) is 53.6 Å². The van der Waals surface area contributed by atoms with Crippen molar-refractivity contribution in [3.8, 4) is 5.75 Å². The molecular weight excluding hydrogens is 563 g/mol. The summed E-state index contributed by atoms with van der Waals surface area (Å²) in [6, 6.07) is 5.23. The van der Waals surface area contributed by atoms with Crippen LogP contribution < -0.4 is 26.6 Å². The Morgan fingerprint density at radius 3 is 2.36 bits per heavy atom. The summed E-state index contributed by atoms with van der Waals surface area (Å²) in [7, 11) is -0.585. The first-order valence-corrected chi connectivity index (χ1v) is 15.0.